The fraction of sp³-hybridized carbons (Fsp3) is 0.0714. The van der Waals surface area contributed by atoms with Crippen LogP contribution in [0.15, 0.2) is 36.4 Å². The van der Waals surface area contributed by atoms with Crippen LogP contribution in [-0.2, 0) is 6.54 Å². The molecule has 0 unspecified atom stereocenters. The summed E-state index contributed by atoms with van der Waals surface area (Å²) in [5.41, 5.74) is 0.938. The van der Waals surface area contributed by atoms with Gasteiger partial charge in [-0.15, -0.1) is 0 Å². The summed E-state index contributed by atoms with van der Waals surface area (Å²) in [6.07, 6.45) is 0. The lowest BCUT2D eigenvalue weighted by Gasteiger charge is -2.10. The second-order valence-corrected chi connectivity index (χ2v) is 4.87. The van der Waals surface area contributed by atoms with Gasteiger partial charge in [-0.25, -0.2) is 9.18 Å². The van der Waals surface area contributed by atoms with Gasteiger partial charge in [0, 0.05) is 22.8 Å². The number of halogens is 3. The predicted molar refractivity (Wildman–Crippen MR) is 77.1 cm³/mol. The molecule has 0 atom stereocenters. The van der Waals surface area contributed by atoms with Crippen LogP contribution in [0.1, 0.15) is 15.9 Å². The molecule has 104 valence electrons. The molecule has 0 saturated carbocycles. The SMILES string of the molecule is O=C(O)c1ccc(NCc2c(F)cccc2Cl)cc1Cl. The van der Waals surface area contributed by atoms with Crippen LogP contribution in [0.3, 0.4) is 0 Å². The van der Waals surface area contributed by atoms with Crippen LogP contribution in [0.4, 0.5) is 10.1 Å². The van der Waals surface area contributed by atoms with Gasteiger partial charge in [-0.1, -0.05) is 29.3 Å². The molecule has 0 amide bonds. The molecule has 2 N–H and O–H groups in total. The first-order chi connectivity index (χ1) is 9.49. The first-order valence-electron chi connectivity index (χ1n) is 5.68. The molecule has 0 radical (unpaired) electrons. The lowest BCUT2D eigenvalue weighted by atomic mass is 10.2. The van der Waals surface area contributed by atoms with E-state index in [-0.39, 0.29) is 17.1 Å². The van der Waals surface area contributed by atoms with Gasteiger partial charge in [0.25, 0.3) is 0 Å². The number of carboxylic acid groups (broad SMARTS) is 1. The van der Waals surface area contributed by atoms with Crippen LogP contribution in [0.25, 0.3) is 0 Å². The molecule has 6 heteroatoms. The molecule has 2 aromatic rings. The van der Waals surface area contributed by atoms with Crippen LogP contribution in [0.2, 0.25) is 10.0 Å². The maximum absolute atomic E-state index is 13.6. The quantitative estimate of drug-likeness (QED) is 0.877. The van der Waals surface area contributed by atoms with Crippen LogP contribution >= 0.6 is 23.2 Å². The van der Waals surface area contributed by atoms with Gasteiger partial charge in [0.15, 0.2) is 0 Å². The van der Waals surface area contributed by atoms with E-state index < -0.39 is 11.8 Å². The molecule has 2 aromatic carbocycles. The van der Waals surface area contributed by atoms with Crippen molar-refractivity contribution in [3.8, 4) is 0 Å². The second-order valence-electron chi connectivity index (χ2n) is 4.05. The highest BCUT2D eigenvalue weighted by Crippen LogP contribution is 2.23. The molecule has 0 aliphatic rings. The zero-order chi connectivity index (χ0) is 14.7. The standard InChI is InChI=1S/C14H10Cl2FNO2/c15-11-2-1-3-13(17)10(11)7-18-8-4-5-9(14(19)20)12(16)6-8/h1-6,18H,7H2,(H,19,20). The summed E-state index contributed by atoms with van der Waals surface area (Å²) in [5, 5.41) is 12.3. The van der Waals surface area contributed by atoms with Gasteiger partial charge in [-0.2, -0.15) is 0 Å². The number of anilines is 1. The van der Waals surface area contributed by atoms with Gasteiger partial charge in [0.1, 0.15) is 5.82 Å². The van der Waals surface area contributed by atoms with Gasteiger partial charge >= 0.3 is 5.97 Å². The van der Waals surface area contributed by atoms with Crippen molar-refractivity contribution in [2.45, 2.75) is 6.54 Å². The first kappa shape index (κ1) is 14.6. The minimum Gasteiger partial charge on any atom is -0.478 e. The molecule has 2 rings (SSSR count). The summed E-state index contributed by atoms with van der Waals surface area (Å²) in [6, 6.07) is 8.87. The smallest absolute Gasteiger partial charge is 0.337 e. The summed E-state index contributed by atoms with van der Waals surface area (Å²) in [5.74, 6) is -1.50. The number of carbonyl (C=O) groups is 1. The van der Waals surface area contributed by atoms with Gasteiger partial charge in [0.2, 0.25) is 0 Å². The summed E-state index contributed by atoms with van der Waals surface area (Å²) in [4.78, 5) is 10.8. The number of hydrogen-bond acceptors (Lipinski definition) is 2. The third-order valence-electron chi connectivity index (χ3n) is 2.73. The lowest BCUT2D eigenvalue weighted by molar-refractivity contribution is 0.0697. The van der Waals surface area contributed by atoms with E-state index in [0.29, 0.717) is 16.3 Å². The number of carboxylic acids is 1. The maximum atomic E-state index is 13.6. The predicted octanol–water partition coefficient (Wildman–Crippen LogP) is 4.44. The highest BCUT2D eigenvalue weighted by atomic mass is 35.5. The van der Waals surface area contributed by atoms with Crippen molar-refractivity contribution in [3.05, 3.63) is 63.4 Å². The lowest BCUT2D eigenvalue weighted by Crippen LogP contribution is -2.04. The molecule has 0 bridgehead atoms. The molecule has 0 spiro atoms. The Labute approximate surface area is 124 Å². The topological polar surface area (TPSA) is 49.3 Å². The molecular formula is C14H10Cl2FNO2. The van der Waals surface area contributed by atoms with Crippen LogP contribution in [-0.4, -0.2) is 11.1 Å². The van der Waals surface area contributed by atoms with Crippen LogP contribution in [0, 0.1) is 5.82 Å². The highest BCUT2D eigenvalue weighted by molar-refractivity contribution is 6.33. The number of aromatic carboxylic acids is 1. The van der Waals surface area contributed by atoms with Gasteiger partial charge in [-0.3, -0.25) is 0 Å². The maximum Gasteiger partial charge on any atom is 0.337 e. The minimum absolute atomic E-state index is 0.0149. The van der Waals surface area contributed by atoms with E-state index in [4.69, 9.17) is 28.3 Å². The Bertz CT molecular complexity index is 641. The average molecular weight is 314 g/mol. The molecule has 0 aliphatic carbocycles. The van der Waals surface area contributed by atoms with Crippen molar-refractivity contribution < 1.29 is 14.3 Å². The van der Waals surface area contributed by atoms with E-state index in [0.717, 1.165) is 0 Å². The third kappa shape index (κ3) is 3.21. The average Bonchev–Trinajstić information content (AvgIpc) is 2.37. The van der Waals surface area contributed by atoms with E-state index in [1.807, 2.05) is 0 Å². The molecule has 0 aliphatic heterocycles. The summed E-state index contributed by atoms with van der Waals surface area (Å²) in [7, 11) is 0. The zero-order valence-corrected chi connectivity index (χ0v) is 11.7. The molecule has 0 saturated heterocycles. The Balaban J connectivity index is 2.16. The van der Waals surface area contributed by atoms with Gasteiger partial charge < -0.3 is 10.4 Å². The van der Waals surface area contributed by atoms with E-state index in [1.165, 1.54) is 24.3 Å². The molecule has 0 aromatic heterocycles. The van der Waals surface area contributed by atoms with Crippen LogP contribution in [0.5, 0.6) is 0 Å². The fourth-order valence-electron chi connectivity index (χ4n) is 1.69. The zero-order valence-electron chi connectivity index (χ0n) is 10.2. The Morgan fingerprint density at radius 1 is 1.20 bits per heavy atom. The van der Waals surface area contributed by atoms with Crippen molar-refractivity contribution in [2.24, 2.45) is 0 Å². The van der Waals surface area contributed by atoms with Crippen LogP contribution < -0.4 is 5.32 Å². The molecular weight excluding hydrogens is 304 g/mol. The van der Waals surface area contributed by atoms with Crippen molar-refractivity contribution in [1.29, 1.82) is 0 Å². The number of rotatable bonds is 4. The number of benzene rings is 2. The Kier molecular flexibility index (Phi) is 4.47. The van der Waals surface area contributed by atoms with Crippen molar-refractivity contribution in [3.63, 3.8) is 0 Å². The molecule has 3 nitrogen and oxygen atoms in total. The largest absolute Gasteiger partial charge is 0.478 e. The Morgan fingerprint density at radius 2 is 1.95 bits per heavy atom. The molecule has 0 fully saturated rings. The third-order valence-corrected chi connectivity index (χ3v) is 3.40. The summed E-state index contributed by atoms with van der Waals surface area (Å²) < 4.78 is 13.6. The van der Waals surface area contributed by atoms with Gasteiger partial charge in [-0.05, 0) is 30.3 Å². The van der Waals surface area contributed by atoms with Crippen molar-refractivity contribution in [2.75, 3.05) is 5.32 Å². The summed E-state index contributed by atoms with van der Waals surface area (Å²) in [6.45, 7) is 0.175. The van der Waals surface area contributed by atoms with E-state index in [1.54, 1.807) is 12.1 Å². The van der Waals surface area contributed by atoms with E-state index >= 15 is 0 Å². The van der Waals surface area contributed by atoms with E-state index in [2.05, 4.69) is 5.32 Å². The fourth-order valence-corrected chi connectivity index (χ4v) is 2.18. The normalized spacial score (nSPS) is 10.3. The number of hydrogen-bond donors (Lipinski definition) is 2. The first-order valence-corrected chi connectivity index (χ1v) is 6.44. The highest BCUT2D eigenvalue weighted by Gasteiger charge is 2.10. The van der Waals surface area contributed by atoms with Gasteiger partial charge in [0.05, 0.1) is 10.6 Å². The van der Waals surface area contributed by atoms with Crippen molar-refractivity contribution >= 4 is 34.9 Å². The Hall–Kier alpha value is -1.78. The minimum atomic E-state index is -1.10. The number of nitrogens with one attached hydrogen (secondary N) is 1. The van der Waals surface area contributed by atoms with Crippen molar-refractivity contribution in [1.82, 2.24) is 0 Å². The monoisotopic (exact) mass is 313 g/mol. The second kappa shape index (κ2) is 6.11. The molecule has 20 heavy (non-hydrogen) atoms. The Morgan fingerprint density at radius 3 is 2.55 bits per heavy atom. The van der Waals surface area contributed by atoms with E-state index in [9.17, 15) is 9.18 Å². The summed E-state index contributed by atoms with van der Waals surface area (Å²) >= 11 is 11.8. The molecule has 0 heterocycles.